The maximum atomic E-state index is 7.70. The molecule has 0 bridgehead atoms. The molecule has 0 radical (unpaired) electrons. The van der Waals surface area contributed by atoms with Gasteiger partial charge in [0.15, 0.2) is 5.60 Å². The van der Waals surface area contributed by atoms with Gasteiger partial charge < -0.3 is 23.7 Å². The Balaban J connectivity index is 1.30. The smallest absolute Gasteiger partial charge is 0.178 e. The minimum atomic E-state index is -0.976. The Hall–Kier alpha value is -6.72. The monoisotopic (exact) mass is 716 g/mol. The molecule has 0 aromatic heterocycles. The second-order valence-corrected chi connectivity index (χ2v) is 14.6. The molecule has 5 nitrogen and oxygen atoms in total. The fourth-order valence-electron chi connectivity index (χ4n) is 9.87. The van der Waals surface area contributed by atoms with E-state index in [1.807, 2.05) is 24.3 Å². The van der Waals surface area contributed by atoms with E-state index in [9.17, 15) is 0 Å². The van der Waals surface area contributed by atoms with E-state index in [4.69, 9.17) is 23.7 Å². The number of hydrogen-bond acceptors (Lipinski definition) is 5. The molecular weight excluding hydrogens is 681 g/mol. The van der Waals surface area contributed by atoms with Gasteiger partial charge in [0.1, 0.15) is 28.7 Å². The molecule has 55 heavy (non-hydrogen) atoms. The molecule has 0 saturated carbocycles. The Bertz CT molecular complexity index is 2830. The largest absolute Gasteiger partial charge is 0.497 e. The molecule has 5 heteroatoms. The van der Waals surface area contributed by atoms with Gasteiger partial charge in [0.2, 0.25) is 0 Å². The van der Waals surface area contributed by atoms with Crippen LogP contribution in [-0.2, 0) is 11.0 Å². The van der Waals surface area contributed by atoms with Crippen molar-refractivity contribution in [3.05, 3.63) is 178 Å². The van der Waals surface area contributed by atoms with Gasteiger partial charge in [-0.1, -0.05) is 84.9 Å². The SMILES string of the molecule is COc1ccc(C2(c3ccc(OC)cc3)C=Cc3c4c(c5ccc(OC)cc5c3O2)-c2ccc(OC)cc2C42c3cccc4ccc5cccc2c5c34)cc1. The molecule has 1 aliphatic heterocycles. The van der Waals surface area contributed by atoms with Crippen LogP contribution < -0.4 is 23.7 Å². The molecule has 0 fully saturated rings. The highest BCUT2D eigenvalue weighted by Gasteiger charge is 2.54. The van der Waals surface area contributed by atoms with E-state index in [1.54, 1.807) is 28.4 Å². The zero-order valence-electron chi connectivity index (χ0n) is 30.9. The number of fused-ring (bicyclic) bond motifs is 12. The molecule has 0 unspecified atom stereocenters. The van der Waals surface area contributed by atoms with E-state index in [0.29, 0.717) is 0 Å². The minimum Gasteiger partial charge on any atom is -0.497 e. The fraction of sp³-hybridized carbons (Fsp3) is 0.120. The predicted octanol–water partition coefficient (Wildman–Crippen LogP) is 11.2. The lowest BCUT2D eigenvalue weighted by atomic mass is 9.68. The van der Waals surface area contributed by atoms with Gasteiger partial charge >= 0.3 is 0 Å². The third kappa shape index (κ3) is 4.02. The quantitative estimate of drug-likeness (QED) is 0.160. The van der Waals surface area contributed by atoms with Gasteiger partial charge in [-0.25, -0.2) is 0 Å². The summed E-state index contributed by atoms with van der Waals surface area (Å²) in [6, 6.07) is 47.4. The third-order valence-electron chi connectivity index (χ3n) is 12.3. The molecule has 8 aromatic rings. The van der Waals surface area contributed by atoms with E-state index >= 15 is 0 Å². The Morgan fingerprint density at radius 1 is 0.491 bits per heavy atom. The molecule has 266 valence electrons. The molecule has 1 spiro atoms. The van der Waals surface area contributed by atoms with Gasteiger partial charge in [0, 0.05) is 22.1 Å². The first-order valence-corrected chi connectivity index (χ1v) is 18.5. The second kappa shape index (κ2) is 11.4. The summed E-state index contributed by atoms with van der Waals surface area (Å²) < 4.78 is 30.8. The van der Waals surface area contributed by atoms with E-state index in [1.165, 1.54) is 54.9 Å². The van der Waals surface area contributed by atoms with Gasteiger partial charge in [0.05, 0.1) is 33.9 Å². The maximum Gasteiger partial charge on any atom is 0.178 e. The van der Waals surface area contributed by atoms with Crippen molar-refractivity contribution in [2.45, 2.75) is 11.0 Å². The lowest BCUT2D eigenvalue weighted by Crippen LogP contribution is -2.35. The first-order valence-electron chi connectivity index (χ1n) is 18.5. The van der Waals surface area contributed by atoms with Crippen molar-refractivity contribution >= 4 is 38.4 Å². The summed E-state index contributed by atoms with van der Waals surface area (Å²) in [4.78, 5) is 0. The van der Waals surface area contributed by atoms with Gasteiger partial charge in [-0.05, 0) is 121 Å². The summed E-state index contributed by atoms with van der Waals surface area (Å²) in [7, 11) is 6.84. The third-order valence-corrected chi connectivity index (χ3v) is 12.3. The van der Waals surface area contributed by atoms with Crippen LogP contribution in [0.5, 0.6) is 28.7 Å². The summed E-state index contributed by atoms with van der Waals surface area (Å²) in [5, 5.41) is 7.14. The highest BCUT2D eigenvalue weighted by Crippen LogP contribution is 2.67. The standard InChI is InChI=1S/C50H36O5/c1-51-33-17-13-31(14-18-33)49(32-15-19-34(52-2)20-16-32)26-25-39-47-46(37-23-21-35(53-3)27-40(37)48(39)55-49)38-24-22-36(54-4)28-43(38)50(47)41-9-5-7-29-11-12-30-8-6-10-42(50)45(30)44(29)41/h5-28H,1-4H3. The number of ether oxygens (including phenoxy) is 5. The van der Waals surface area contributed by atoms with Crippen LogP contribution in [0.25, 0.3) is 49.5 Å². The molecule has 2 aliphatic carbocycles. The van der Waals surface area contributed by atoms with Crippen molar-refractivity contribution in [2.24, 2.45) is 0 Å². The Morgan fingerprint density at radius 3 is 1.62 bits per heavy atom. The molecule has 1 heterocycles. The molecule has 0 atom stereocenters. The number of methoxy groups -OCH3 is 4. The summed E-state index contributed by atoms with van der Waals surface area (Å²) in [6.45, 7) is 0. The Labute approximate surface area is 318 Å². The van der Waals surface area contributed by atoms with Crippen molar-refractivity contribution in [2.75, 3.05) is 28.4 Å². The van der Waals surface area contributed by atoms with Gasteiger partial charge in [-0.15, -0.1) is 0 Å². The molecule has 0 amide bonds. The van der Waals surface area contributed by atoms with E-state index < -0.39 is 11.0 Å². The van der Waals surface area contributed by atoms with Crippen molar-refractivity contribution in [1.82, 2.24) is 0 Å². The van der Waals surface area contributed by atoms with Crippen LogP contribution in [0, 0.1) is 0 Å². The molecule has 8 aromatic carbocycles. The average Bonchev–Trinajstić information content (AvgIpc) is 3.73. The highest BCUT2D eigenvalue weighted by atomic mass is 16.5. The minimum absolute atomic E-state index is 0.645. The Morgan fingerprint density at radius 2 is 1.04 bits per heavy atom. The van der Waals surface area contributed by atoms with E-state index in [0.717, 1.165) is 56.2 Å². The van der Waals surface area contributed by atoms with Gasteiger partial charge in [0.25, 0.3) is 0 Å². The first-order chi connectivity index (χ1) is 27.0. The first kappa shape index (κ1) is 31.8. The molecule has 3 aliphatic rings. The predicted molar refractivity (Wildman–Crippen MR) is 219 cm³/mol. The average molecular weight is 717 g/mol. The number of hydrogen-bond donors (Lipinski definition) is 0. The van der Waals surface area contributed by atoms with Crippen molar-refractivity contribution in [1.29, 1.82) is 0 Å². The second-order valence-electron chi connectivity index (χ2n) is 14.6. The number of rotatable bonds is 6. The molecular formula is C50H36O5. The van der Waals surface area contributed by atoms with Crippen LogP contribution in [0.2, 0.25) is 0 Å². The normalized spacial score (nSPS) is 14.9. The van der Waals surface area contributed by atoms with Crippen molar-refractivity contribution < 1.29 is 23.7 Å². The summed E-state index contributed by atoms with van der Waals surface area (Å²) >= 11 is 0. The topological polar surface area (TPSA) is 46.2 Å². The van der Waals surface area contributed by atoms with Crippen LogP contribution in [-0.4, -0.2) is 28.4 Å². The Kier molecular flexibility index (Phi) is 6.58. The van der Waals surface area contributed by atoms with Crippen LogP contribution >= 0.6 is 0 Å². The molecule has 0 N–H and O–H groups in total. The zero-order valence-corrected chi connectivity index (χ0v) is 30.9. The summed E-state index contributed by atoms with van der Waals surface area (Å²) in [6.07, 6.45) is 4.53. The lowest BCUT2D eigenvalue weighted by Gasteiger charge is -2.39. The van der Waals surface area contributed by atoms with Crippen LogP contribution in [0.1, 0.15) is 38.9 Å². The van der Waals surface area contributed by atoms with E-state index in [-0.39, 0.29) is 0 Å². The summed E-state index contributed by atoms with van der Waals surface area (Å²) in [5.74, 6) is 3.95. The molecule has 11 rings (SSSR count). The van der Waals surface area contributed by atoms with Gasteiger partial charge in [-0.2, -0.15) is 0 Å². The van der Waals surface area contributed by atoms with Crippen LogP contribution in [0.15, 0.2) is 140 Å². The maximum absolute atomic E-state index is 7.70. The van der Waals surface area contributed by atoms with E-state index in [2.05, 4.69) is 121 Å². The van der Waals surface area contributed by atoms with Crippen LogP contribution in [0.3, 0.4) is 0 Å². The number of benzene rings is 8. The lowest BCUT2D eigenvalue weighted by molar-refractivity contribution is 0.163. The fourth-order valence-corrected chi connectivity index (χ4v) is 9.87. The summed E-state index contributed by atoms with van der Waals surface area (Å²) in [5.41, 5.74) is 8.73. The highest BCUT2D eigenvalue weighted by molar-refractivity contribution is 6.19. The van der Waals surface area contributed by atoms with Gasteiger partial charge in [-0.3, -0.25) is 0 Å². The zero-order chi connectivity index (χ0) is 37.1. The van der Waals surface area contributed by atoms with Crippen molar-refractivity contribution in [3.63, 3.8) is 0 Å². The molecule has 0 saturated heterocycles. The van der Waals surface area contributed by atoms with Crippen LogP contribution in [0.4, 0.5) is 0 Å². The van der Waals surface area contributed by atoms with Crippen molar-refractivity contribution in [3.8, 4) is 39.9 Å².